The average Bonchev–Trinajstić information content (AvgIpc) is 3.07. The highest BCUT2D eigenvalue weighted by Gasteiger charge is 2.54. The van der Waals surface area contributed by atoms with E-state index in [1.54, 1.807) is 23.1 Å². The average molecular weight is 422 g/mol. The quantitative estimate of drug-likeness (QED) is 0.684. The van der Waals surface area contributed by atoms with Crippen LogP contribution in [0.5, 0.6) is 0 Å². The maximum absolute atomic E-state index is 12.7. The Hall–Kier alpha value is -3.16. The molecule has 1 spiro atoms. The maximum atomic E-state index is 12.7. The molecule has 3 aromatic rings. The van der Waals surface area contributed by atoms with Crippen molar-refractivity contribution in [1.82, 2.24) is 25.0 Å². The smallest absolute Gasteiger partial charge is 0.287 e. The van der Waals surface area contributed by atoms with E-state index in [4.69, 9.17) is 4.42 Å². The van der Waals surface area contributed by atoms with Gasteiger partial charge in [0.05, 0.1) is 11.9 Å². The topological polar surface area (TPSA) is 93.3 Å². The molecule has 8 heteroatoms. The maximum Gasteiger partial charge on any atom is 0.287 e. The summed E-state index contributed by atoms with van der Waals surface area (Å²) >= 11 is 0. The number of furan rings is 1. The number of hydrogen-bond acceptors (Lipinski definition) is 5. The van der Waals surface area contributed by atoms with Gasteiger partial charge in [-0.05, 0) is 62.6 Å². The fourth-order valence-corrected chi connectivity index (χ4v) is 4.90. The van der Waals surface area contributed by atoms with Crippen molar-refractivity contribution >= 4 is 22.8 Å². The summed E-state index contributed by atoms with van der Waals surface area (Å²) in [5, 5.41) is 8.29. The van der Waals surface area contributed by atoms with Crippen LogP contribution in [-0.4, -0.2) is 51.1 Å². The van der Waals surface area contributed by atoms with Gasteiger partial charge in [0.25, 0.3) is 5.91 Å². The lowest BCUT2D eigenvalue weighted by Gasteiger charge is -2.33. The Morgan fingerprint density at radius 3 is 2.77 bits per heavy atom. The van der Waals surface area contributed by atoms with E-state index in [0.717, 1.165) is 49.1 Å². The molecular formula is C23H27N5O3. The number of piperidine rings is 1. The van der Waals surface area contributed by atoms with Crippen molar-refractivity contribution < 1.29 is 14.0 Å². The van der Waals surface area contributed by atoms with Gasteiger partial charge in [-0.25, -0.2) is 0 Å². The Balaban J connectivity index is 1.11. The summed E-state index contributed by atoms with van der Waals surface area (Å²) in [7, 11) is 0. The predicted molar refractivity (Wildman–Crippen MR) is 114 cm³/mol. The molecule has 1 unspecified atom stereocenters. The molecule has 1 aliphatic heterocycles. The van der Waals surface area contributed by atoms with Gasteiger partial charge in [-0.15, -0.1) is 0 Å². The molecule has 0 aromatic carbocycles. The number of likely N-dealkylation sites (tertiary alicyclic amines) is 1. The number of carbonyl (C=O) groups excluding carboxylic acids is 2. The van der Waals surface area contributed by atoms with Crippen LogP contribution in [-0.2, 0) is 11.3 Å². The van der Waals surface area contributed by atoms with Gasteiger partial charge < -0.3 is 14.6 Å². The third-order valence-electron chi connectivity index (χ3n) is 6.91. The molecule has 8 nitrogen and oxygen atoms in total. The summed E-state index contributed by atoms with van der Waals surface area (Å²) in [6.45, 7) is 6.42. The van der Waals surface area contributed by atoms with Gasteiger partial charge in [0, 0.05) is 36.9 Å². The van der Waals surface area contributed by atoms with Gasteiger partial charge in [0.15, 0.2) is 11.3 Å². The first-order valence-electron chi connectivity index (χ1n) is 10.8. The van der Waals surface area contributed by atoms with E-state index in [-0.39, 0.29) is 17.2 Å². The van der Waals surface area contributed by atoms with Gasteiger partial charge in [-0.2, -0.15) is 5.10 Å². The number of amides is 2. The molecule has 4 heterocycles. The minimum absolute atomic E-state index is 0.130. The monoisotopic (exact) mass is 421 g/mol. The second-order valence-corrected chi connectivity index (χ2v) is 8.96. The second-order valence-electron chi connectivity index (χ2n) is 8.96. The molecule has 1 atom stereocenters. The summed E-state index contributed by atoms with van der Waals surface area (Å²) in [4.78, 5) is 31.1. The molecule has 31 heavy (non-hydrogen) atoms. The minimum Gasteiger partial charge on any atom is -0.449 e. The summed E-state index contributed by atoms with van der Waals surface area (Å²) < 4.78 is 7.38. The van der Waals surface area contributed by atoms with E-state index in [1.165, 1.54) is 0 Å². The summed E-state index contributed by atoms with van der Waals surface area (Å²) in [6, 6.07) is 5.57. The van der Waals surface area contributed by atoms with Crippen LogP contribution in [0.3, 0.4) is 0 Å². The molecule has 0 radical (unpaired) electrons. The second kappa shape index (κ2) is 7.51. The van der Waals surface area contributed by atoms with Gasteiger partial charge in [0.2, 0.25) is 5.91 Å². The van der Waals surface area contributed by atoms with Crippen LogP contribution in [0.2, 0.25) is 0 Å². The van der Waals surface area contributed by atoms with Crippen molar-refractivity contribution in [3.8, 4) is 0 Å². The molecule has 3 aromatic heterocycles. The predicted octanol–water partition coefficient (Wildman–Crippen LogP) is 2.70. The highest BCUT2D eigenvalue weighted by molar-refractivity contribution is 5.95. The summed E-state index contributed by atoms with van der Waals surface area (Å²) in [6.07, 6.45) is 6.39. The zero-order chi connectivity index (χ0) is 21.6. The molecule has 5 rings (SSSR count). The number of rotatable bonds is 5. The van der Waals surface area contributed by atoms with Crippen molar-refractivity contribution in [2.24, 2.45) is 11.3 Å². The van der Waals surface area contributed by atoms with E-state index in [1.807, 2.05) is 30.9 Å². The Kier molecular flexibility index (Phi) is 4.79. The van der Waals surface area contributed by atoms with Crippen LogP contribution < -0.4 is 5.32 Å². The van der Waals surface area contributed by atoms with Crippen LogP contribution in [0, 0.1) is 25.2 Å². The fourth-order valence-electron chi connectivity index (χ4n) is 4.90. The van der Waals surface area contributed by atoms with Crippen LogP contribution in [0.25, 0.3) is 11.0 Å². The van der Waals surface area contributed by atoms with Crippen LogP contribution in [0.4, 0.5) is 0 Å². The van der Waals surface area contributed by atoms with Gasteiger partial charge in [-0.3, -0.25) is 19.3 Å². The van der Waals surface area contributed by atoms with Crippen molar-refractivity contribution in [2.75, 3.05) is 19.6 Å². The van der Waals surface area contributed by atoms with Crippen molar-refractivity contribution in [3.05, 3.63) is 47.7 Å². The van der Waals surface area contributed by atoms with Crippen molar-refractivity contribution in [3.63, 3.8) is 0 Å². The molecule has 2 amide bonds. The fraction of sp³-hybridized carbons (Fsp3) is 0.478. The standard InChI is InChI=1S/C23H27N5O3/c1-15-9-16(2)28(26-15)14-21(29)27-7-4-23(5-8-27)11-18(23)12-25-22(30)19-10-17-3-6-24-13-20(17)31-19/h3,6,9-10,13,18H,4-5,7-8,11-12,14H2,1-2H3,(H,25,30). The lowest BCUT2D eigenvalue weighted by atomic mass is 9.90. The molecule has 0 bridgehead atoms. The van der Waals surface area contributed by atoms with E-state index < -0.39 is 0 Å². The number of nitrogens with zero attached hydrogens (tertiary/aromatic N) is 4. The molecule has 2 aliphatic rings. The van der Waals surface area contributed by atoms with Gasteiger partial charge >= 0.3 is 0 Å². The zero-order valence-electron chi connectivity index (χ0n) is 17.9. The lowest BCUT2D eigenvalue weighted by molar-refractivity contribution is -0.133. The van der Waals surface area contributed by atoms with Crippen molar-refractivity contribution in [1.29, 1.82) is 0 Å². The number of nitrogens with one attached hydrogen (secondary N) is 1. The third kappa shape index (κ3) is 3.82. The Morgan fingerprint density at radius 1 is 1.26 bits per heavy atom. The van der Waals surface area contributed by atoms with Crippen LogP contribution >= 0.6 is 0 Å². The SMILES string of the molecule is Cc1cc(C)n(CC(=O)N2CCC3(CC2)CC3CNC(=O)c2cc3ccncc3o2)n1. The van der Waals surface area contributed by atoms with E-state index >= 15 is 0 Å². The number of fused-ring (bicyclic) bond motifs is 1. The molecule has 1 saturated carbocycles. The largest absolute Gasteiger partial charge is 0.449 e. The third-order valence-corrected chi connectivity index (χ3v) is 6.91. The van der Waals surface area contributed by atoms with E-state index in [0.29, 0.717) is 30.4 Å². The first kappa shape index (κ1) is 19.8. The highest BCUT2D eigenvalue weighted by Crippen LogP contribution is 2.59. The van der Waals surface area contributed by atoms with Crippen LogP contribution in [0.15, 0.2) is 35.0 Å². The number of carbonyl (C=O) groups is 2. The molecule has 162 valence electrons. The van der Waals surface area contributed by atoms with Gasteiger partial charge in [0.1, 0.15) is 6.54 Å². The summed E-state index contributed by atoms with van der Waals surface area (Å²) in [5.74, 6) is 0.736. The number of hydrogen-bond donors (Lipinski definition) is 1. The minimum atomic E-state index is -0.184. The van der Waals surface area contributed by atoms with Crippen molar-refractivity contribution in [2.45, 2.75) is 39.7 Å². The highest BCUT2D eigenvalue weighted by atomic mass is 16.3. The van der Waals surface area contributed by atoms with E-state index in [9.17, 15) is 9.59 Å². The zero-order valence-corrected chi connectivity index (χ0v) is 17.9. The molecule has 2 fully saturated rings. The summed E-state index contributed by atoms with van der Waals surface area (Å²) in [5.41, 5.74) is 2.83. The molecule has 1 saturated heterocycles. The Labute approximate surface area is 180 Å². The van der Waals surface area contributed by atoms with Crippen LogP contribution in [0.1, 0.15) is 41.2 Å². The number of pyridine rings is 1. The van der Waals surface area contributed by atoms with Gasteiger partial charge in [-0.1, -0.05) is 0 Å². The Morgan fingerprint density at radius 2 is 2.06 bits per heavy atom. The van der Waals surface area contributed by atoms with E-state index in [2.05, 4.69) is 15.4 Å². The lowest BCUT2D eigenvalue weighted by Crippen LogP contribution is -2.42. The number of aryl methyl sites for hydroxylation is 2. The molecule has 1 aliphatic carbocycles. The molecular weight excluding hydrogens is 394 g/mol. The molecule has 1 N–H and O–H groups in total. The first-order chi connectivity index (χ1) is 14.9. The Bertz CT molecular complexity index is 1110. The first-order valence-corrected chi connectivity index (χ1v) is 10.8. The normalized spacial score (nSPS) is 19.7. The number of aromatic nitrogens is 3.